The molecule has 1 aliphatic carbocycles. The minimum Gasteiger partial charge on any atom is -0.478 e. The number of hydrogen-bond acceptors (Lipinski definition) is 2. The van der Waals surface area contributed by atoms with Crippen LogP contribution in [0.1, 0.15) is 68.6 Å². The van der Waals surface area contributed by atoms with Crippen LogP contribution in [0, 0.1) is 12.8 Å². The Morgan fingerprint density at radius 1 is 1.00 bits per heavy atom. The number of alkyl halides is 4. The van der Waals surface area contributed by atoms with Crippen LogP contribution in [0.3, 0.4) is 0 Å². The number of likely N-dealkylation sites (tertiary alicyclic amines) is 1. The molecule has 3 aromatic rings. The van der Waals surface area contributed by atoms with Gasteiger partial charge in [0.1, 0.15) is 0 Å². The van der Waals surface area contributed by atoms with E-state index in [1.165, 1.54) is 18.6 Å². The number of carboxylic acids is 1. The summed E-state index contributed by atoms with van der Waals surface area (Å²) in [5.41, 5.74) is 5.89. The van der Waals surface area contributed by atoms with Gasteiger partial charge in [-0.15, -0.1) is 0 Å². The fraction of sp³-hybridized carbons (Fsp3) is 0.364. The number of halogens is 4. The molecule has 0 bridgehead atoms. The summed E-state index contributed by atoms with van der Waals surface area (Å²) in [5, 5.41) is 9.56. The van der Waals surface area contributed by atoms with Crippen LogP contribution in [0.4, 0.5) is 17.6 Å². The molecule has 1 N–H and O–H groups in total. The molecule has 0 unspecified atom stereocenters. The molecule has 210 valence electrons. The highest BCUT2D eigenvalue weighted by Gasteiger charge is 2.34. The van der Waals surface area contributed by atoms with Gasteiger partial charge in [-0.25, -0.2) is 4.79 Å². The first-order chi connectivity index (χ1) is 19.2. The van der Waals surface area contributed by atoms with Crippen molar-refractivity contribution in [3.8, 4) is 0 Å². The van der Waals surface area contributed by atoms with Gasteiger partial charge in [0, 0.05) is 19.6 Å². The molecule has 40 heavy (non-hydrogen) atoms. The summed E-state index contributed by atoms with van der Waals surface area (Å²) in [4.78, 5) is 13.9. The lowest BCUT2D eigenvalue weighted by Gasteiger charge is -2.39. The van der Waals surface area contributed by atoms with Gasteiger partial charge in [0.05, 0.1) is 17.8 Å². The number of fused-ring (bicyclic) bond motifs is 1. The number of benzene rings is 3. The fourth-order valence-corrected chi connectivity index (χ4v) is 6.20. The first-order valence-corrected chi connectivity index (χ1v) is 13.8. The molecule has 2 aliphatic rings. The maximum absolute atomic E-state index is 13.8. The Kier molecular flexibility index (Phi) is 8.13. The Hall–Kier alpha value is -3.45. The molecule has 3 aromatic carbocycles. The Morgan fingerprint density at radius 3 is 2.42 bits per heavy atom. The molecule has 0 aromatic heterocycles. The van der Waals surface area contributed by atoms with Gasteiger partial charge in [0.2, 0.25) is 0 Å². The van der Waals surface area contributed by atoms with Crippen molar-refractivity contribution in [2.75, 3.05) is 26.3 Å². The first kappa shape index (κ1) is 28.1. The van der Waals surface area contributed by atoms with Crippen LogP contribution >= 0.6 is 0 Å². The highest BCUT2D eigenvalue weighted by atomic mass is 19.4. The van der Waals surface area contributed by atoms with Crippen LogP contribution < -0.4 is 0 Å². The second-order valence-corrected chi connectivity index (χ2v) is 10.9. The van der Waals surface area contributed by atoms with Crippen molar-refractivity contribution in [1.82, 2.24) is 4.90 Å². The summed E-state index contributed by atoms with van der Waals surface area (Å²) in [5.74, 6) is -0.476. The molecular weight excluding hydrogens is 518 g/mol. The molecule has 0 radical (unpaired) electrons. The van der Waals surface area contributed by atoms with Gasteiger partial charge in [-0.1, -0.05) is 42.5 Å². The van der Waals surface area contributed by atoms with Crippen molar-refractivity contribution in [1.29, 1.82) is 0 Å². The van der Waals surface area contributed by atoms with E-state index in [1.807, 2.05) is 12.1 Å². The van der Waals surface area contributed by atoms with Crippen LogP contribution in [0.5, 0.6) is 0 Å². The molecule has 1 heterocycles. The van der Waals surface area contributed by atoms with Crippen LogP contribution in [0.2, 0.25) is 0 Å². The molecule has 0 spiro atoms. The quantitative estimate of drug-likeness (QED) is 0.290. The molecule has 0 amide bonds. The van der Waals surface area contributed by atoms with Gasteiger partial charge in [0.15, 0.2) is 0 Å². The highest BCUT2D eigenvalue weighted by molar-refractivity contribution is 6.01. The monoisotopic (exact) mass is 551 g/mol. The van der Waals surface area contributed by atoms with Crippen molar-refractivity contribution in [2.24, 2.45) is 5.92 Å². The first-order valence-electron chi connectivity index (χ1n) is 13.8. The summed E-state index contributed by atoms with van der Waals surface area (Å²) in [7, 11) is 0. The van der Waals surface area contributed by atoms with Gasteiger partial charge in [0.25, 0.3) is 0 Å². The normalized spacial score (nSPS) is 16.4. The second kappa shape index (κ2) is 11.6. The lowest BCUT2D eigenvalue weighted by molar-refractivity contribution is -0.138. The predicted octanol–water partition coefficient (Wildman–Crippen LogP) is 7.84. The zero-order valence-corrected chi connectivity index (χ0v) is 22.5. The summed E-state index contributed by atoms with van der Waals surface area (Å²) in [6.07, 6.45) is -1.05. The number of carbonyl (C=O) groups is 1. The van der Waals surface area contributed by atoms with E-state index >= 15 is 0 Å². The van der Waals surface area contributed by atoms with Gasteiger partial charge in [-0.3, -0.25) is 4.39 Å². The number of nitrogens with zero attached hydrogens (tertiary/aromatic N) is 1. The van der Waals surface area contributed by atoms with E-state index in [2.05, 4.69) is 17.0 Å². The molecule has 0 saturated carbocycles. The number of allylic oxidation sites excluding steroid dienone is 1. The van der Waals surface area contributed by atoms with Crippen LogP contribution in [0.25, 0.3) is 11.1 Å². The smallest absolute Gasteiger partial charge is 0.416 e. The third-order valence-corrected chi connectivity index (χ3v) is 8.17. The average Bonchev–Trinajstić information content (AvgIpc) is 3.08. The van der Waals surface area contributed by atoms with Gasteiger partial charge >= 0.3 is 12.1 Å². The van der Waals surface area contributed by atoms with Crippen LogP contribution in [-0.2, 0) is 19.0 Å². The predicted molar refractivity (Wildman–Crippen MR) is 149 cm³/mol. The van der Waals surface area contributed by atoms with E-state index in [1.54, 1.807) is 24.3 Å². The van der Waals surface area contributed by atoms with Crippen LogP contribution in [-0.4, -0.2) is 42.3 Å². The third kappa shape index (κ3) is 5.85. The fourth-order valence-electron chi connectivity index (χ4n) is 6.20. The standard InChI is InChI=1S/C33H33F4NO2/c1-21-27(6-3-8-30(21)33(35,36)37)29-7-2-5-25-18-26(32(39)40)13-14-28(25)31(29)24-11-9-22(10-12-24)17-23-19-38(20-23)16-4-15-34/h3,6,8-14,18,23H,2,4-5,7,15-17,19-20H2,1H3,(H,39,40). The Bertz CT molecular complexity index is 1420. The minimum absolute atomic E-state index is 0.201. The lowest BCUT2D eigenvalue weighted by Crippen LogP contribution is -2.47. The number of aromatic carboxylic acids is 1. The Balaban J connectivity index is 1.56. The van der Waals surface area contributed by atoms with E-state index < -0.39 is 17.7 Å². The van der Waals surface area contributed by atoms with Crippen molar-refractivity contribution in [3.05, 3.63) is 105 Å². The number of hydrogen-bond donors (Lipinski definition) is 1. The van der Waals surface area contributed by atoms with E-state index in [9.17, 15) is 27.5 Å². The summed E-state index contributed by atoms with van der Waals surface area (Å²) < 4.78 is 53.9. The number of aryl methyl sites for hydroxylation is 1. The number of carboxylic acid groups (broad SMARTS) is 1. The van der Waals surface area contributed by atoms with E-state index in [0.29, 0.717) is 37.2 Å². The van der Waals surface area contributed by atoms with Crippen molar-refractivity contribution < 1.29 is 27.5 Å². The van der Waals surface area contributed by atoms with Crippen LogP contribution in [0.15, 0.2) is 60.7 Å². The zero-order valence-electron chi connectivity index (χ0n) is 22.5. The average molecular weight is 552 g/mol. The summed E-state index contributed by atoms with van der Waals surface area (Å²) >= 11 is 0. The maximum atomic E-state index is 13.8. The maximum Gasteiger partial charge on any atom is 0.416 e. The minimum atomic E-state index is -4.45. The topological polar surface area (TPSA) is 40.5 Å². The Morgan fingerprint density at radius 2 is 1.75 bits per heavy atom. The summed E-state index contributed by atoms with van der Waals surface area (Å²) in [6.45, 7) is 3.96. The lowest BCUT2D eigenvalue weighted by atomic mass is 9.84. The molecule has 5 rings (SSSR count). The highest BCUT2D eigenvalue weighted by Crippen LogP contribution is 2.43. The third-order valence-electron chi connectivity index (χ3n) is 8.17. The zero-order chi connectivity index (χ0) is 28.4. The molecule has 7 heteroatoms. The van der Waals surface area contributed by atoms with E-state index in [-0.39, 0.29) is 17.8 Å². The second-order valence-electron chi connectivity index (χ2n) is 10.9. The van der Waals surface area contributed by atoms with Gasteiger partial charge in [-0.2, -0.15) is 13.2 Å². The summed E-state index contributed by atoms with van der Waals surface area (Å²) in [6, 6.07) is 17.7. The largest absolute Gasteiger partial charge is 0.478 e. The molecule has 1 saturated heterocycles. The van der Waals surface area contributed by atoms with Crippen molar-refractivity contribution in [2.45, 2.75) is 45.2 Å². The SMILES string of the molecule is Cc1c(C2=C(c3ccc(CC4CN(CCCF)C4)cc3)c3ccc(C(=O)O)cc3CCC2)cccc1C(F)(F)F. The molecule has 1 aliphatic heterocycles. The molecule has 1 fully saturated rings. The number of rotatable bonds is 8. The van der Waals surface area contributed by atoms with Gasteiger partial charge in [-0.05, 0) is 108 Å². The molecular formula is C33H33F4NO2. The Labute approximate surface area is 232 Å². The van der Waals surface area contributed by atoms with Crippen molar-refractivity contribution in [3.63, 3.8) is 0 Å². The van der Waals surface area contributed by atoms with E-state index in [0.717, 1.165) is 60.0 Å². The van der Waals surface area contributed by atoms with Gasteiger partial charge < -0.3 is 10.0 Å². The van der Waals surface area contributed by atoms with Crippen molar-refractivity contribution >= 4 is 17.1 Å². The molecule has 0 atom stereocenters. The van der Waals surface area contributed by atoms with E-state index in [4.69, 9.17) is 0 Å². The molecule has 3 nitrogen and oxygen atoms in total.